The van der Waals surface area contributed by atoms with Crippen molar-refractivity contribution in [2.45, 2.75) is 58.4 Å². The van der Waals surface area contributed by atoms with Crippen molar-refractivity contribution < 1.29 is 14.7 Å². The molecule has 0 bridgehead atoms. The smallest absolute Gasteiger partial charge is 0.303 e. The van der Waals surface area contributed by atoms with Gasteiger partial charge in [0.1, 0.15) is 0 Å². The lowest BCUT2D eigenvalue weighted by Gasteiger charge is -2.18. The van der Waals surface area contributed by atoms with Gasteiger partial charge in [-0.3, -0.25) is 9.59 Å². The number of nitrogens with one attached hydrogen (secondary N) is 2. The molecule has 0 aliphatic heterocycles. The van der Waals surface area contributed by atoms with Gasteiger partial charge in [-0.15, -0.1) is 0 Å². The van der Waals surface area contributed by atoms with Crippen LogP contribution in [0, 0.1) is 11.8 Å². The molecule has 0 aromatic heterocycles. The van der Waals surface area contributed by atoms with E-state index >= 15 is 0 Å². The summed E-state index contributed by atoms with van der Waals surface area (Å²) in [5.74, 6) is -0.374. The van der Waals surface area contributed by atoms with Crippen molar-refractivity contribution >= 4 is 11.9 Å². The number of hydrogen-bond donors (Lipinski definition) is 3. The van der Waals surface area contributed by atoms with Crippen LogP contribution in [0.3, 0.4) is 0 Å². The Labute approximate surface area is 121 Å². The lowest BCUT2D eigenvalue weighted by atomic mass is 9.94. The molecule has 1 saturated carbocycles. The van der Waals surface area contributed by atoms with Gasteiger partial charge in [0.15, 0.2) is 0 Å². The van der Waals surface area contributed by atoms with Gasteiger partial charge >= 0.3 is 5.97 Å². The lowest BCUT2D eigenvalue weighted by Crippen LogP contribution is -2.40. The second-order valence-corrected chi connectivity index (χ2v) is 6.26. The molecule has 3 N–H and O–H groups in total. The zero-order chi connectivity index (χ0) is 15.0. The van der Waals surface area contributed by atoms with Gasteiger partial charge in [0.05, 0.1) is 6.54 Å². The quantitative estimate of drug-likeness (QED) is 0.603. The Morgan fingerprint density at radius 2 is 1.90 bits per heavy atom. The fraction of sp³-hybridized carbons (Fsp3) is 0.867. The summed E-state index contributed by atoms with van der Waals surface area (Å²) in [5, 5.41) is 15.0. The number of hydrogen-bond acceptors (Lipinski definition) is 3. The van der Waals surface area contributed by atoms with Crippen molar-refractivity contribution in [3.63, 3.8) is 0 Å². The number of carboxylic acid groups (broad SMARTS) is 1. The summed E-state index contributed by atoms with van der Waals surface area (Å²) in [6, 6.07) is 0.478. The molecule has 1 amide bonds. The van der Waals surface area contributed by atoms with Gasteiger partial charge in [-0.05, 0) is 31.1 Å². The Balaban J connectivity index is 2.22. The van der Waals surface area contributed by atoms with Crippen LogP contribution in [0.2, 0.25) is 0 Å². The molecule has 0 saturated heterocycles. The van der Waals surface area contributed by atoms with E-state index in [0.29, 0.717) is 25.0 Å². The number of carbonyl (C=O) groups excluding carboxylic acids is 1. The van der Waals surface area contributed by atoms with Crippen LogP contribution >= 0.6 is 0 Å². The van der Waals surface area contributed by atoms with Crippen LogP contribution in [0.4, 0.5) is 0 Å². The monoisotopic (exact) mass is 284 g/mol. The van der Waals surface area contributed by atoms with Crippen molar-refractivity contribution in [3.05, 3.63) is 0 Å². The van der Waals surface area contributed by atoms with Crippen molar-refractivity contribution in [2.75, 3.05) is 13.1 Å². The van der Waals surface area contributed by atoms with E-state index in [9.17, 15) is 9.59 Å². The maximum absolute atomic E-state index is 11.8. The van der Waals surface area contributed by atoms with E-state index in [4.69, 9.17) is 5.11 Å². The molecule has 1 rings (SSSR count). The van der Waals surface area contributed by atoms with Gasteiger partial charge in [-0.2, -0.15) is 0 Å². The summed E-state index contributed by atoms with van der Waals surface area (Å²) in [4.78, 5) is 22.6. The average Bonchev–Trinajstić information content (AvgIpc) is 2.85. The maximum Gasteiger partial charge on any atom is 0.303 e. The molecule has 20 heavy (non-hydrogen) atoms. The highest BCUT2D eigenvalue weighted by Crippen LogP contribution is 2.17. The summed E-state index contributed by atoms with van der Waals surface area (Å²) < 4.78 is 0. The Morgan fingerprint density at radius 3 is 2.45 bits per heavy atom. The molecule has 0 aromatic rings. The zero-order valence-corrected chi connectivity index (χ0v) is 12.7. The van der Waals surface area contributed by atoms with Gasteiger partial charge in [-0.25, -0.2) is 0 Å². The van der Waals surface area contributed by atoms with Gasteiger partial charge in [-0.1, -0.05) is 26.7 Å². The second-order valence-electron chi connectivity index (χ2n) is 6.26. The topological polar surface area (TPSA) is 78.4 Å². The second kappa shape index (κ2) is 8.95. The molecular formula is C15H28N2O3. The summed E-state index contributed by atoms with van der Waals surface area (Å²) in [6.07, 6.45) is 5.74. The van der Waals surface area contributed by atoms with Crippen LogP contribution in [-0.2, 0) is 9.59 Å². The molecule has 0 heterocycles. The molecule has 5 heteroatoms. The average molecular weight is 284 g/mol. The molecule has 1 unspecified atom stereocenters. The Kier molecular flexibility index (Phi) is 7.59. The van der Waals surface area contributed by atoms with Crippen LogP contribution in [0.5, 0.6) is 0 Å². The van der Waals surface area contributed by atoms with E-state index in [-0.39, 0.29) is 18.2 Å². The SMILES string of the molecule is CC(C)CC(CNC(=O)CNC1CCCC1)CC(=O)O. The largest absolute Gasteiger partial charge is 0.481 e. The molecule has 1 atom stereocenters. The first-order valence-corrected chi connectivity index (χ1v) is 7.69. The minimum Gasteiger partial charge on any atom is -0.481 e. The van der Waals surface area contributed by atoms with E-state index < -0.39 is 5.97 Å². The number of aliphatic carboxylic acids is 1. The van der Waals surface area contributed by atoms with E-state index in [1.807, 2.05) is 0 Å². The third-order valence-electron chi connectivity index (χ3n) is 3.76. The van der Waals surface area contributed by atoms with Crippen molar-refractivity contribution in [2.24, 2.45) is 11.8 Å². The van der Waals surface area contributed by atoms with Crippen LogP contribution in [0.25, 0.3) is 0 Å². The highest BCUT2D eigenvalue weighted by Gasteiger charge is 2.18. The number of carbonyl (C=O) groups is 2. The van der Waals surface area contributed by atoms with Crippen LogP contribution in [0.15, 0.2) is 0 Å². The molecule has 0 spiro atoms. The molecular weight excluding hydrogens is 256 g/mol. The van der Waals surface area contributed by atoms with E-state index in [2.05, 4.69) is 24.5 Å². The first-order valence-electron chi connectivity index (χ1n) is 7.69. The molecule has 1 fully saturated rings. The molecule has 0 aromatic carbocycles. The van der Waals surface area contributed by atoms with Crippen molar-refractivity contribution in [3.8, 4) is 0 Å². The fourth-order valence-electron chi connectivity index (χ4n) is 2.84. The predicted molar refractivity (Wildman–Crippen MR) is 78.5 cm³/mol. The van der Waals surface area contributed by atoms with Crippen LogP contribution < -0.4 is 10.6 Å². The lowest BCUT2D eigenvalue weighted by molar-refractivity contribution is -0.138. The highest BCUT2D eigenvalue weighted by molar-refractivity contribution is 5.78. The fourth-order valence-corrected chi connectivity index (χ4v) is 2.84. The Bertz CT molecular complexity index is 312. The first-order chi connectivity index (χ1) is 9.47. The van der Waals surface area contributed by atoms with Gasteiger partial charge < -0.3 is 15.7 Å². The molecule has 116 valence electrons. The minimum atomic E-state index is -0.797. The van der Waals surface area contributed by atoms with E-state index in [1.165, 1.54) is 12.8 Å². The predicted octanol–water partition coefficient (Wildman–Crippen LogP) is 1.77. The third kappa shape index (κ3) is 7.48. The van der Waals surface area contributed by atoms with Gasteiger partial charge in [0.25, 0.3) is 0 Å². The normalized spacial score (nSPS) is 17.4. The molecule has 1 aliphatic carbocycles. The third-order valence-corrected chi connectivity index (χ3v) is 3.76. The summed E-state index contributed by atoms with van der Waals surface area (Å²) in [6.45, 7) is 4.93. The summed E-state index contributed by atoms with van der Waals surface area (Å²) >= 11 is 0. The Hall–Kier alpha value is -1.10. The number of rotatable bonds is 9. The van der Waals surface area contributed by atoms with Crippen LogP contribution in [-0.4, -0.2) is 36.1 Å². The maximum atomic E-state index is 11.8. The van der Waals surface area contributed by atoms with Gasteiger partial charge in [0.2, 0.25) is 5.91 Å². The minimum absolute atomic E-state index is 0.0166. The van der Waals surface area contributed by atoms with Crippen molar-refractivity contribution in [1.29, 1.82) is 0 Å². The zero-order valence-electron chi connectivity index (χ0n) is 12.7. The molecule has 5 nitrogen and oxygen atoms in total. The standard InChI is InChI=1S/C15H28N2O3/c1-11(2)7-12(8-15(19)20)9-17-14(18)10-16-13-5-3-4-6-13/h11-13,16H,3-10H2,1-2H3,(H,17,18)(H,19,20). The summed E-state index contributed by atoms with van der Waals surface area (Å²) in [5.41, 5.74) is 0. The van der Waals surface area contributed by atoms with Crippen molar-refractivity contribution in [1.82, 2.24) is 10.6 Å². The van der Waals surface area contributed by atoms with E-state index in [1.54, 1.807) is 0 Å². The highest BCUT2D eigenvalue weighted by atomic mass is 16.4. The van der Waals surface area contributed by atoms with Gasteiger partial charge in [0, 0.05) is 19.0 Å². The van der Waals surface area contributed by atoms with E-state index in [0.717, 1.165) is 19.3 Å². The molecule has 0 radical (unpaired) electrons. The Morgan fingerprint density at radius 1 is 1.25 bits per heavy atom. The number of amides is 1. The number of carboxylic acids is 1. The molecule has 1 aliphatic rings. The first kappa shape index (κ1) is 17.0. The summed E-state index contributed by atoms with van der Waals surface area (Å²) in [7, 11) is 0. The van der Waals surface area contributed by atoms with Crippen LogP contribution in [0.1, 0.15) is 52.4 Å².